The van der Waals surface area contributed by atoms with E-state index >= 15 is 0 Å². The summed E-state index contributed by atoms with van der Waals surface area (Å²) in [6, 6.07) is 5.19. The Labute approximate surface area is 139 Å². The van der Waals surface area contributed by atoms with Crippen LogP contribution < -0.4 is 20.1 Å². The summed E-state index contributed by atoms with van der Waals surface area (Å²) in [4.78, 5) is 34.5. The van der Waals surface area contributed by atoms with Crippen molar-refractivity contribution in [3.63, 3.8) is 0 Å². The van der Waals surface area contributed by atoms with E-state index in [9.17, 15) is 14.4 Å². The summed E-state index contributed by atoms with van der Waals surface area (Å²) < 4.78 is 15.7. The van der Waals surface area contributed by atoms with Gasteiger partial charge >= 0.3 is 5.97 Å². The van der Waals surface area contributed by atoms with Gasteiger partial charge in [-0.2, -0.15) is 0 Å². The molecule has 1 aliphatic heterocycles. The number of benzene rings is 1. The molecule has 0 saturated carbocycles. The highest BCUT2D eigenvalue weighted by atomic mass is 16.6. The number of rotatable bonds is 7. The molecule has 1 aromatic carbocycles. The van der Waals surface area contributed by atoms with E-state index in [1.165, 1.54) is 0 Å². The second-order valence-electron chi connectivity index (χ2n) is 5.05. The van der Waals surface area contributed by atoms with Gasteiger partial charge < -0.3 is 24.8 Å². The lowest BCUT2D eigenvalue weighted by atomic mass is 10.1. The van der Waals surface area contributed by atoms with E-state index in [2.05, 4.69) is 10.6 Å². The molecule has 8 heteroatoms. The fourth-order valence-electron chi connectivity index (χ4n) is 2.05. The maximum Gasteiger partial charge on any atom is 0.310 e. The standard InChI is InChI=1S/C16H20N2O6/c1-2-17-14(19)9-18-15(20)10-24-16(21)8-11-3-4-12-13(7-11)23-6-5-22-12/h3-4,7H,2,5-6,8-10H2,1H3,(H,17,19)(H,18,20). The predicted molar refractivity (Wildman–Crippen MR) is 83.8 cm³/mol. The van der Waals surface area contributed by atoms with Crippen molar-refractivity contribution in [1.29, 1.82) is 0 Å². The first-order chi connectivity index (χ1) is 11.6. The first kappa shape index (κ1) is 17.6. The average Bonchev–Trinajstić information content (AvgIpc) is 2.58. The van der Waals surface area contributed by atoms with E-state index in [1.807, 2.05) is 0 Å². The molecule has 0 radical (unpaired) electrons. The van der Waals surface area contributed by atoms with Crippen molar-refractivity contribution >= 4 is 17.8 Å². The molecule has 0 bridgehead atoms. The summed E-state index contributed by atoms with van der Waals surface area (Å²) in [5, 5.41) is 4.90. The Hall–Kier alpha value is -2.77. The van der Waals surface area contributed by atoms with E-state index in [0.717, 1.165) is 0 Å². The quantitative estimate of drug-likeness (QED) is 0.668. The molecule has 0 aromatic heterocycles. The minimum atomic E-state index is -0.542. The molecule has 2 rings (SSSR count). The summed E-state index contributed by atoms with van der Waals surface area (Å²) in [7, 11) is 0. The fourth-order valence-corrected chi connectivity index (χ4v) is 2.05. The normalized spacial score (nSPS) is 12.2. The Morgan fingerprint density at radius 1 is 1.08 bits per heavy atom. The molecule has 2 amide bonds. The van der Waals surface area contributed by atoms with Gasteiger partial charge in [-0.3, -0.25) is 14.4 Å². The Bertz CT molecular complexity index is 617. The lowest BCUT2D eigenvalue weighted by Gasteiger charge is -2.18. The van der Waals surface area contributed by atoms with Gasteiger partial charge in [0, 0.05) is 6.54 Å². The van der Waals surface area contributed by atoms with Crippen LogP contribution in [0, 0.1) is 0 Å². The summed E-state index contributed by atoms with van der Waals surface area (Å²) in [5.41, 5.74) is 0.701. The van der Waals surface area contributed by atoms with Crippen molar-refractivity contribution in [1.82, 2.24) is 10.6 Å². The fraction of sp³-hybridized carbons (Fsp3) is 0.438. The zero-order valence-electron chi connectivity index (χ0n) is 13.4. The lowest BCUT2D eigenvalue weighted by Crippen LogP contribution is -2.38. The highest BCUT2D eigenvalue weighted by Crippen LogP contribution is 2.30. The van der Waals surface area contributed by atoms with Gasteiger partial charge in [0.15, 0.2) is 18.1 Å². The minimum Gasteiger partial charge on any atom is -0.486 e. The molecule has 0 unspecified atom stereocenters. The topological polar surface area (TPSA) is 103 Å². The first-order valence-corrected chi connectivity index (χ1v) is 7.66. The SMILES string of the molecule is CCNC(=O)CNC(=O)COC(=O)Cc1ccc2c(c1)OCCO2. The largest absolute Gasteiger partial charge is 0.486 e. The lowest BCUT2D eigenvalue weighted by molar-refractivity contribution is -0.147. The number of hydrogen-bond donors (Lipinski definition) is 2. The number of likely N-dealkylation sites (N-methyl/N-ethyl adjacent to an activating group) is 1. The van der Waals surface area contributed by atoms with E-state index in [-0.39, 0.29) is 18.9 Å². The Morgan fingerprint density at radius 3 is 2.58 bits per heavy atom. The number of fused-ring (bicyclic) bond motifs is 1. The smallest absolute Gasteiger partial charge is 0.310 e. The van der Waals surface area contributed by atoms with Gasteiger partial charge in [0.2, 0.25) is 5.91 Å². The van der Waals surface area contributed by atoms with Crippen molar-refractivity contribution < 1.29 is 28.6 Å². The van der Waals surface area contributed by atoms with Crippen molar-refractivity contribution in [2.24, 2.45) is 0 Å². The maximum absolute atomic E-state index is 11.8. The molecule has 2 N–H and O–H groups in total. The van der Waals surface area contributed by atoms with Gasteiger partial charge in [0.25, 0.3) is 5.91 Å². The third kappa shape index (κ3) is 5.45. The van der Waals surface area contributed by atoms with Crippen molar-refractivity contribution in [3.05, 3.63) is 23.8 Å². The van der Waals surface area contributed by atoms with E-state index in [4.69, 9.17) is 14.2 Å². The first-order valence-electron chi connectivity index (χ1n) is 7.66. The van der Waals surface area contributed by atoms with E-state index < -0.39 is 18.5 Å². The van der Waals surface area contributed by atoms with Crippen LogP contribution in [0.15, 0.2) is 18.2 Å². The monoisotopic (exact) mass is 336 g/mol. The molecular weight excluding hydrogens is 316 g/mol. The Balaban J connectivity index is 1.73. The molecule has 8 nitrogen and oxygen atoms in total. The Kier molecular flexibility index (Phi) is 6.41. The molecule has 0 saturated heterocycles. The van der Waals surface area contributed by atoms with Crippen LogP contribution in [0.2, 0.25) is 0 Å². The summed E-state index contributed by atoms with van der Waals surface area (Å²) in [6.07, 6.45) is 0.0141. The number of esters is 1. The number of amides is 2. The van der Waals surface area contributed by atoms with Crippen LogP contribution in [0.1, 0.15) is 12.5 Å². The highest BCUT2D eigenvalue weighted by Gasteiger charge is 2.14. The van der Waals surface area contributed by atoms with Gasteiger partial charge in [-0.25, -0.2) is 0 Å². The predicted octanol–water partition coefficient (Wildman–Crippen LogP) is -0.204. The third-order valence-corrected chi connectivity index (χ3v) is 3.14. The van der Waals surface area contributed by atoms with Crippen LogP contribution in [0.3, 0.4) is 0 Å². The van der Waals surface area contributed by atoms with Gasteiger partial charge in [0.1, 0.15) is 13.2 Å². The van der Waals surface area contributed by atoms with Crippen molar-refractivity contribution in [2.45, 2.75) is 13.3 Å². The van der Waals surface area contributed by atoms with Crippen LogP contribution in [0.5, 0.6) is 11.5 Å². The van der Waals surface area contributed by atoms with Gasteiger partial charge in [-0.1, -0.05) is 6.07 Å². The number of nitrogens with one attached hydrogen (secondary N) is 2. The van der Waals surface area contributed by atoms with Gasteiger partial charge in [0.05, 0.1) is 13.0 Å². The highest BCUT2D eigenvalue weighted by molar-refractivity contribution is 5.86. The molecular formula is C16H20N2O6. The summed E-state index contributed by atoms with van der Waals surface area (Å²) >= 11 is 0. The van der Waals surface area contributed by atoms with Crippen molar-refractivity contribution in [3.8, 4) is 11.5 Å². The van der Waals surface area contributed by atoms with E-state index in [1.54, 1.807) is 25.1 Å². The van der Waals surface area contributed by atoms with Crippen molar-refractivity contribution in [2.75, 3.05) is 32.9 Å². The van der Waals surface area contributed by atoms with E-state index in [0.29, 0.717) is 36.8 Å². The molecule has 1 aromatic rings. The number of hydrogen-bond acceptors (Lipinski definition) is 6. The number of ether oxygens (including phenoxy) is 3. The van der Waals surface area contributed by atoms with Gasteiger partial charge in [-0.05, 0) is 24.6 Å². The third-order valence-electron chi connectivity index (χ3n) is 3.14. The number of carbonyl (C=O) groups is 3. The molecule has 0 aliphatic carbocycles. The van der Waals surface area contributed by atoms with Crippen LogP contribution in [-0.2, 0) is 25.5 Å². The molecule has 24 heavy (non-hydrogen) atoms. The minimum absolute atomic E-state index is 0.0141. The molecule has 1 heterocycles. The Morgan fingerprint density at radius 2 is 1.83 bits per heavy atom. The molecule has 130 valence electrons. The molecule has 0 fully saturated rings. The zero-order chi connectivity index (χ0) is 17.4. The molecule has 1 aliphatic rings. The maximum atomic E-state index is 11.8. The van der Waals surface area contributed by atoms with Gasteiger partial charge in [-0.15, -0.1) is 0 Å². The summed E-state index contributed by atoms with van der Waals surface area (Å²) in [6.45, 7) is 2.65. The van der Waals surface area contributed by atoms with Crippen LogP contribution in [0.4, 0.5) is 0 Å². The zero-order valence-corrected chi connectivity index (χ0v) is 13.4. The second kappa shape index (κ2) is 8.76. The second-order valence-corrected chi connectivity index (χ2v) is 5.05. The molecule has 0 spiro atoms. The average molecular weight is 336 g/mol. The molecule has 0 atom stereocenters. The van der Waals surface area contributed by atoms with Crippen LogP contribution in [-0.4, -0.2) is 50.7 Å². The number of carbonyl (C=O) groups excluding carboxylic acids is 3. The van der Waals surface area contributed by atoms with Crippen LogP contribution >= 0.6 is 0 Å². The summed E-state index contributed by atoms with van der Waals surface area (Å²) in [5.74, 6) is -0.139. The van der Waals surface area contributed by atoms with Crippen LogP contribution in [0.25, 0.3) is 0 Å².